The molecule has 2 N–H and O–H groups in total. The van der Waals surface area contributed by atoms with Crippen LogP contribution in [0.2, 0.25) is 0 Å². The summed E-state index contributed by atoms with van der Waals surface area (Å²) in [6, 6.07) is 6.53. The monoisotopic (exact) mass is 431 g/mol. The number of aromatic nitrogens is 3. The Bertz CT molecular complexity index is 1090. The molecule has 0 spiro atoms. The largest absolute Gasteiger partial charge is 0.493 e. The maximum absolute atomic E-state index is 13.3. The molecule has 4 heterocycles. The molecule has 3 aromatic rings. The highest BCUT2D eigenvalue weighted by atomic mass is 19.4. The first kappa shape index (κ1) is 20.1. The molecule has 1 aliphatic carbocycles. The molecule has 1 saturated heterocycles. The molecule has 0 aromatic carbocycles. The Morgan fingerprint density at radius 2 is 2.10 bits per heavy atom. The van der Waals surface area contributed by atoms with Gasteiger partial charge in [0.2, 0.25) is 0 Å². The number of nitrogens with one attached hydrogen (secondary N) is 2. The van der Waals surface area contributed by atoms with Crippen molar-refractivity contribution in [3.05, 3.63) is 42.2 Å². The second-order valence-corrected chi connectivity index (χ2v) is 8.14. The fraction of sp³-hybridized carbons (Fsp3) is 0.455. The fourth-order valence-electron chi connectivity index (χ4n) is 4.21. The number of imidazole rings is 1. The number of pyridine rings is 2. The maximum Gasteiger partial charge on any atom is 0.395 e. The van der Waals surface area contributed by atoms with E-state index in [0.717, 1.165) is 35.5 Å². The molecular weight excluding hydrogens is 407 g/mol. The fourth-order valence-corrected chi connectivity index (χ4v) is 4.21. The predicted octanol–water partition coefficient (Wildman–Crippen LogP) is 4.23. The summed E-state index contributed by atoms with van der Waals surface area (Å²) in [7, 11) is 0. The lowest BCUT2D eigenvalue weighted by Crippen LogP contribution is -2.38. The van der Waals surface area contributed by atoms with E-state index in [-0.39, 0.29) is 13.1 Å². The van der Waals surface area contributed by atoms with E-state index in [1.165, 1.54) is 0 Å². The first-order valence-corrected chi connectivity index (χ1v) is 10.6. The molecule has 9 heteroatoms. The van der Waals surface area contributed by atoms with Gasteiger partial charge < -0.3 is 15.4 Å². The van der Waals surface area contributed by atoms with Crippen LogP contribution < -0.4 is 15.4 Å². The van der Waals surface area contributed by atoms with E-state index in [9.17, 15) is 13.2 Å². The molecule has 1 saturated carbocycles. The van der Waals surface area contributed by atoms with E-state index in [1.54, 1.807) is 18.3 Å². The molecule has 2 aliphatic rings. The van der Waals surface area contributed by atoms with Gasteiger partial charge in [0, 0.05) is 30.9 Å². The lowest BCUT2D eigenvalue weighted by molar-refractivity contribution is -0.170. The van der Waals surface area contributed by atoms with Gasteiger partial charge in [0.1, 0.15) is 17.2 Å². The van der Waals surface area contributed by atoms with Crippen molar-refractivity contribution in [2.75, 3.05) is 25.0 Å². The molecule has 0 amide bonds. The van der Waals surface area contributed by atoms with Crippen LogP contribution in [0, 0.1) is 5.92 Å². The molecule has 1 aliphatic heterocycles. The summed E-state index contributed by atoms with van der Waals surface area (Å²) in [4.78, 5) is 9.10. The highest BCUT2D eigenvalue weighted by Crippen LogP contribution is 2.45. The summed E-state index contributed by atoms with van der Waals surface area (Å²) >= 11 is 0. The van der Waals surface area contributed by atoms with Gasteiger partial charge in [-0.15, -0.1) is 0 Å². The van der Waals surface area contributed by atoms with Crippen molar-refractivity contribution in [2.45, 2.75) is 37.9 Å². The summed E-state index contributed by atoms with van der Waals surface area (Å²) < 4.78 is 47.6. The number of alkyl halides is 3. The Balaban J connectivity index is 1.46. The van der Waals surface area contributed by atoms with Gasteiger partial charge in [0.05, 0.1) is 36.2 Å². The normalized spacial score (nSPS) is 21.5. The van der Waals surface area contributed by atoms with Gasteiger partial charge in [-0.1, -0.05) is 6.07 Å². The van der Waals surface area contributed by atoms with E-state index in [1.807, 2.05) is 23.5 Å². The number of hydrogen-bond donors (Lipinski definition) is 2. The van der Waals surface area contributed by atoms with E-state index >= 15 is 0 Å². The van der Waals surface area contributed by atoms with Crippen molar-refractivity contribution in [2.24, 2.45) is 5.92 Å². The van der Waals surface area contributed by atoms with Crippen molar-refractivity contribution in [1.29, 1.82) is 0 Å². The van der Waals surface area contributed by atoms with Crippen molar-refractivity contribution in [3.8, 4) is 17.1 Å². The van der Waals surface area contributed by atoms with Gasteiger partial charge in [0.25, 0.3) is 0 Å². The number of hydrogen-bond acceptors (Lipinski definition) is 5. The summed E-state index contributed by atoms with van der Waals surface area (Å²) in [6.45, 7) is 2.72. The number of halogens is 3. The number of nitrogens with zero attached hydrogens (tertiary/aromatic N) is 3. The standard InChI is InChI=1S/C22H24F3N5O/c1-2-31-19-8-21-27-11-18(30(21)12-14(19)13-6-7-13)16-4-3-5-20(28-16)29-17-10-26-9-15(17)22(23,24)25/h3-5,8,11-13,15,17,26H,2,6-7,9-10H2,1H3,(H,28,29). The van der Waals surface area contributed by atoms with Gasteiger partial charge in [-0.2, -0.15) is 13.2 Å². The molecule has 3 aromatic heterocycles. The maximum atomic E-state index is 13.3. The van der Waals surface area contributed by atoms with Crippen LogP contribution in [0.25, 0.3) is 17.0 Å². The van der Waals surface area contributed by atoms with Crippen molar-refractivity contribution in [1.82, 2.24) is 19.7 Å². The highest BCUT2D eigenvalue weighted by Gasteiger charge is 2.47. The van der Waals surface area contributed by atoms with E-state index in [2.05, 4.69) is 26.8 Å². The summed E-state index contributed by atoms with van der Waals surface area (Å²) in [6.07, 6.45) is 1.83. The van der Waals surface area contributed by atoms with E-state index in [0.29, 0.717) is 24.0 Å². The number of anilines is 1. The number of rotatable bonds is 6. The Labute approximate surface area is 177 Å². The average molecular weight is 431 g/mol. The molecular formula is C22H24F3N5O. The molecule has 31 heavy (non-hydrogen) atoms. The van der Waals surface area contributed by atoms with Crippen LogP contribution >= 0.6 is 0 Å². The lowest BCUT2D eigenvalue weighted by atomic mass is 10.0. The van der Waals surface area contributed by atoms with Crippen LogP contribution in [0.1, 0.15) is 31.2 Å². The van der Waals surface area contributed by atoms with Crippen LogP contribution in [0.3, 0.4) is 0 Å². The zero-order valence-electron chi connectivity index (χ0n) is 17.1. The molecule has 164 valence electrons. The lowest BCUT2D eigenvalue weighted by Gasteiger charge is -2.22. The minimum atomic E-state index is -4.25. The predicted molar refractivity (Wildman–Crippen MR) is 111 cm³/mol. The number of fused-ring (bicyclic) bond motifs is 1. The third-order valence-corrected chi connectivity index (χ3v) is 5.93. The van der Waals surface area contributed by atoms with Crippen LogP contribution in [0.15, 0.2) is 36.7 Å². The summed E-state index contributed by atoms with van der Waals surface area (Å²) in [5.74, 6) is 0.344. The van der Waals surface area contributed by atoms with Gasteiger partial charge in [-0.05, 0) is 37.8 Å². The zero-order chi connectivity index (χ0) is 21.6. The Morgan fingerprint density at radius 1 is 1.26 bits per heavy atom. The van der Waals surface area contributed by atoms with Crippen LogP contribution in [-0.2, 0) is 0 Å². The number of ether oxygens (including phenoxy) is 1. The summed E-state index contributed by atoms with van der Waals surface area (Å²) in [5, 5.41) is 5.79. The smallest absolute Gasteiger partial charge is 0.395 e. The zero-order valence-corrected chi connectivity index (χ0v) is 17.1. The minimum absolute atomic E-state index is 0.0831. The SMILES string of the molecule is CCOc1cc2ncc(-c3cccc(NC4CNCC4C(F)(F)F)n3)n2cc1C1CC1. The topological polar surface area (TPSA) is 63.5 Å². The van der Waals surface area contributed by atoms with Gasteiger partial charge in [-0.3, -0.25) is 4.40 Å². The molecule has 2 fully saturated rings. The second kappa shape index (κ2) is 7.71. The van der Waals surface area contributed by atoms with Gasteiger partial charge >= 0.3 is 6.18 Å². The van der Waals surface area contributed by atoms with Gasteiger partial charge in [-0.25, -0.2) is 9.97 Å². The van der Waals surface area contributed by atoms with Crippen LogP contribution in [0.5, 0.6) is 5.75 Å². The molecule has 2 unspecified atom stereocenters. The third-order valence-electron chi connectivity index (χ3n) is 5.93. The van der Waals surface area contributed by atoms with Crippen LogP contribution in [-0.4, -0.2) is 46.3 Å². The van der Waals surface area contributed by atoms with Crippen molar-refractivity contribution in [3.63, 3.8) is 0 Å². The first-order chi connectivity index (χ1) is 14.9. The van der Waals surface area contributed by atoms with Crippen molar-refractivity contribution < 1.29 is 17.9 Å². The Hall–Kier alpha value is -2.81. The van der Waals surface area contributed by atoms with Crippen molar-refractivity contribution >= 4 is 11.5 Å². The molecule has 0 bridgehead atoms. The van der Waals surface area contributed by atoms with Gasteiger partial charge in [0.15, 0.2) is 0 Å². The molecule has 5 rings (SSSR count). The minimum Gasteiger partial charge on any atom is -0.493 e. The van der Waals surface area contributed by atoms with Crippen LogP contribution in [0.4, 0.5) is 19.0 Å². The average Bonchev–Trinajstić information content (AvgIpc) is 3.32. The molecule has 2 atom stereocenters. The third kappa shape index (κ3) is 3.94. The Morgan fingerprint density at radius 3 is 2.84 bits per heavy atom. The Kier molecular flexibility index (Phi) is 5.00. The highest BCUT2D eigenvalue weighted by molar-refractivity contribution is 5.64. The second-order valence-electron chi connectivity index (χ2n) is 8.14. The van der Waals surface area contributed by atoms with E-state index < -0.39 is 18.1 Å². The van der Waals surface area contributed by atoms with E-state index in [4.69, 9.17) is 4.74 Å². The first-order valence-electron chi connectivity index (χ1n) is 10.6. The molecule has 0 radical (unpaired) electrons. The quantitative estimate of drug-likeness (QED) is 0.612. The summed E-state index contributed by atoms with van der Waals surface area (Å²) in [5.41, 5.74) is 3.35. The molecule has 6 nitrogen and oxygen atoms in total.